The Balaban J connectivity index is 1.48. The van der Waals surface area contributed by atoms with Crippen LogP contribution in [0.4, 0.5) is 0 Å². The molecule has 0 fully saturated rings. The number of nitrogens with zero attached hydrogens (tertiary/aromatic N) is 1. The fraction of sp³-hybridized carbons (Fsp3) is 0.273. The number of nitrogens with one attached hydrogen (secondary N) is 2. The van der Waals surface area contributed by atoms with Gasteiger partial charge in [-0.05, 0) is 36.1 Å². The van der Waals surface area contributed by atoms with Gasteiger partial charge in [0.15, 0.2) is 6.61 Å². The van der Waals surface area contributed by atoms with Crippen molar-refractivity contribution in [2.24, 2.45) is 5.10 Å². The lowest BCUT2D eigenvalue weighted by Crippen LogP contribution is -2.24. The standard InChI is InChI=1S/C22H25N3O2/c1-3-6-16(2)17-9-11-19(12-10-17)27-15-22(26)25-24-14-18-13-23-21-8-5-4-7-20(18)21/h4-5,7-14,16,23H,3,6,15H2,1-2H3,(H,25,26)/b24-14+. The van der Waals surface area contributed by atoms with Gasteiger partial charge in [0.05, 0.1) is 6.21 Å². The molecule has 0 aliphatic rings. The van der Waals surface area contributed by atoms with Crippen molar-refractivity contribution in [3.63, 3.8) is 0 Å². The highest BCUT2D eigenvalue weighted by atomic mass is 16.5. The number of hydrogen-bond donors (Lipinski definition) is 2. The molecular weight excluding hydrogens is 338 g/mol. The number of carbonyl (C=O) groups is 1. The number of aromatic nitrogens is 1. The van der Waals surface area contributed by atoms with Crippen molar-refractivity contribution in [3.05, 3.63) is 65.9 Å². The third-order valence-corrected chi connectivity index (χ3v) is 4.55. The Bertz CT molecular complexity index is 913. The maximum absolute atomic E-state index is 11.9. The summed E-state index contributed by atoms with van der Waals surface area (Å²) in [6.07, 6.45) is 5.81. The zero-order valence-corrected chi connectivity index (χ0v) is 15.7. The lowest BCUT2D eigenvalue weighted by atomic mass is 9.97. The Morgan fingerprint density at radius 2 is 2.00 bits per heavy atom. The summed E-state index contributed by atoms with van der Waals surface area (Å²) in [4.78, 5) is 15.1. The summed E-state index contributed by atoms with van der Waals surface area (Å²) >= 11 is 0. The highest BCUT2D eigenvalue weighted by molar-refractivity contribution is 5.99. The van der Waals surface area contributed by atoms with E-state index < -0.39 is 0 Å². The van der Waals surface area contributed by atoms with E-state index in [4.69, 9.17) is 4.74 Å². The number of carbonyl (C=O) groups excluding carboxylic acids is 1. The van der Waals surface area contributed by atoms with E-state index in [1.165, 1.54) is 12.0 Å². The minimum atomic E-state index is -0.297. The van der Waals surface area contributed by atoms with Crippen LogP contribution >= 0.6 is 0 Å². The van der Waals surface area contributed by atoms with Crippen molar-refractivity contribution in [3.8, 4) is 5.75 Å². The molecule has 1 heterocycles. The van der Waals surface area contributed by atoms with Gasteiger partial charge in [0, 0.05) is 22.7 Å². The predicted molar refractivity (Wildman–Crippen MR) is 109 cm³/mol. The molecule has 1 unspecified atom stereocenters. The molecule has 0 spiro atoms. The van der Waals surface area contributed by atoms with E-state index >= 15 is 0 Å². The summed E-state index contributed by atoms with van der Waals surface area (Å²) in [5.41, 5.74) is 5.74. The summed E-state index contributed by atoms with van der Waals surface area (Å²) < 4.78 is 5.53. The topological polar surface area (TPSA) is 66.5 Å². The minimum Gasteiger partial charge on any atom is -0.484 e. The van der Waals surface area contributed by atoms with Crippen LogP contribution < -0.4 is 10.2 Å². The van der Waals surface area contributed by atoms with E-state index in [1.54, 1.807) is 6.21 Å². The van der Waals surface area contributed by atoms with Crippen molar-refractivity contribution in [2.75, 3.05) is 6.61 Å². The van der Waals surface area contributed by atoms with Gasteiger partial charge in [0.25, 0.3) is 5.91 Å². The number of ether oxygens (including phenoxy) is 1. The van der Waals surface area contributed by atoms with Crippen LogP contribution in [0.2, 0.25) is 0 Å². The van der Waals surface area contributed by atoms with Crippen LogP contribution in [0.1, 0.15) is 43.7 Å². The van der Waals surface area contributed by atoms with Crippen LogP contribution in [-0.4, -0.2) is 23.7 Å². The maximum Gasteiger partial charge on any atom is 0.277 e. The Morgan fingerprint density at radius 1 is 1.22 bits per heavy atom. The third kappa shape index (κ3) is 4.97. The molecule has 3 aromatic rings. The zero-order chi connectivity index (χ0) is 19.1. The number of hydrogen-bond acceptors (Lipinski definition) is 3. The van der Waals surface area contributed by atoms with Gasteiger partial charge < -0.3 is 9.72 Å². The molecule has 1 aromatic heterocycles. The lowest BCUT2D eigenvalue weighted by Gasteiger charge is -2.11. The van der Waals surface area contributed by atoms with Gasteiger partial charge >= 0.3 is 0 Å². The molecule has 27 heavy (non-hydrogen) atoms. The number of aromatic amines is 1. The second kappa shape index (κ2) is 9.03. The third-order valence-electron chi connectivity index (χ3n) is 4.55. The Labute approximate surface area is 159 Å². The highest BCUT2D eigenvalue weighted by Crippen LogP contribution is 2.22. The summed E-state index contributed by atoms with van der Waals surface area (Å²) in [5, 5.41) is 5.07. The van der Waals surface area contributed by atoms with Crippen molar-refractivity contribution < 1.29 is 9.53 Å². The number of para-hydroxylation sites is 1. The van der Waals surface area contributed by atoms with Crippen molar-refractivity contribution in [1.29, 1.82) is 0 Å². The van der Waals surface area contributed by atoms with E-state index in [1.807, 2.05) is 42.6 Å². The first-order valence-electron chi connectivity index (χ1n) is 9.28. The molecule has 0 radical (unpaired) electrons. The van der Waals surface area contributed by atoms with Gasteiger partial charge in [-0.2, -0.15) is 5.10 Å². The normalized spacial score (nSPS) is 12.4. The molecule has 0 aliphatic heterocycles. The van der Waals surface area contributed by atoms with Gasteiger partial charge in [-0.15, -0.1) is 0 Å². The molecule has 0 saturated heterocycles. The van der Waals surface area contributed by atoms with Crippen LogP contribution in [0.5, 0.6) is 5.75 Å². The van der Waals surface area contributed by atoms with Crippen molar-refractivity contribution >= 4 is 23.0 Å². The van der Waals surface area contributed by atoms with Crippen LogP contribution in [-0.2, 0) is 4.79 Å². The first kappa shape index (κ1) is 18.7. The molecule has 0 aliphatic carbocycles. The molecule has 0 bridgehead atoms. The average molecular weight is 363 g/mol. The molecule has 1 amide bonds. The van der Waals surface area contributed by atoms with Crippen LogP contribution in [0.25, 0.3) is 10.9 Å². The lowest BCUT2D eigenvalue weighted by molar-refractivity contribution is -0.123. The molecule has 2 N–H and O–H groups in total. The van der Waals surface area contributed by atoms with Crippen molar-refractivity contribution in [1.82, 2.24) is 10.4 Å². The largest absolute Gasteiger partial charge is 0.484 e. The number of amides is 1. The van der Waals surface area contributed by atoms with Gasteiger partial charge in [-0.25, -0.2) is 5.43 Å². The van der Waals surface area contributed by atoms with E-state index in [0.29, 0.717) is 11.7 Å². The van der Waals surface area contributed by atoms with E-state index in [-0.39, 0.29) is 12.5 Å². The zero-order valence-electron chi connectivity index (χ0n) is 15.7. The first-order chi connectivity index (χ1) is 13.2. The fourth-order valence-corrected chi connectivity index (χ4v) is 3.05. The summed E-state index contributed by atoms with van der Waals surface area (Å²) in [6.45, 7) is 4.33. The number of fused-ring (bicyclic) bond motifs is 1. The second-order valence-electron chi connectivity index (χ2n) is 6.63. The van der Waals surface area contributed by atoms with Crippen LogP contribution in [0, 0.1) is 0 Å². The number of hydrazone groups is 1. The summed E-state index contributed by atoms with van der Waals surface area (Å²) in [6, 6.07) is 15.9. The van der Waals surface area contributed by atoms with E-state index in [2.05, 4.69) is 41.5 Å². The first-order valence-corrected chi connectivity index (χ1v) is 9.28. The second-order valence-corrected chi connectivity index (χ2v) is 6.63. The molecule has 0 saturated carbocycles. The SMILES string of the molecule is CCCC(C)c1ccc(OCC(=O)N/N=C/c2c[nH]c3ccccc23)cc1. The number of benzene rings is 2. The molecule has 1 atom stereocenters. The molecule has 2 aromatic carbocycles. The molecule has 140 valence electrons. The van der Waals surface area contributed by atoms with Gasteiger partial charge in [0.1, 0.15) is 5.75 Å². The minimum absolute atomic E-state index is 0.0743. The summed E-state index contributed by atoms with van der Waals surface area (Å²) in [7, 11) is 0. The van der Waals surface area contributed by atoms with Crippen LogP contribution in [0.3, 0.4) is 0 Å². The van der Waals surface area contributed by atoms with Crippen LogP contribution in [0.15, 0.2) is 59.8 Å². The van der Waals surface area contributed by atoms with Gasteiger partial charge in [-0.1, -0.05) is 50.6 Å². The number of H-pyrrole nitrogens is 1. The Kier molecular flexibility index (Phi) is 6.26. The molecule has 5 heteroatoms. The fourth-order valence-electron chi connectivity index (χ4n) is 3.05. The Morgan fingerprint density at radius 3 is 2.78 bits per heavy atom. The highest BCUT2D eigenvalue weighted by Gasteiger charge is 2.06. The monoisotopic (exact) mass is 363 g/mol. The smallest absolute Gasteiger partial charge is 0.277 e. The molecule has 5 nitrogen and oxygen atoms in total. The molecular formula is C22H25N3O2. The number of rotatable bonds is 8. The average Bonchev–Trinajstić information content (AvgIpc) is 3.10. The van der Waals surface area contributed by atoms with Crippen molar-refractivity contribution in [2.45, 2.75) is 32.6 Å². The van der Waals surface area contributed by atoms with Gasteiger partial charge in [-0.3, -0.25) is 4.79 Å². The quantitative estimate of drug-likeness (QED) is 0.454. The van der Waals surface area contributed by atoms with E-state index in [0.717, 1.165) is 22.9 Å². The maximum atomic E-state index is 11.9. The Hall–Kier alpha value is -3.08. The predicted octanol–water partition coefficient (Wildman–Crippen LogP) is 4.60. The van der Waals surface area contributed by atoms with E-state index in [9.17, 15) is 4.79 Å². The summed E-state index contributed by atoms with van der Waals surface area (Å²) in [5.74, 6) is 0.916. The molecule has 3 rings (SSSR count). The van der Waals surface area contributed by atoms with Gasteiger partial charge in [0.2, 0.25) is 0 Å².